The Kier molecular flexibility index (Phi) is 5.31. The average molecular weight is 433 g/mol. The first kappa shape index (κ1) is 20.8. The summed E-state index contributed by atoms with van der Waals surface area (Å²) in [4.78, 5) is 22.7. The molecule has 0 unspecified atom stereocenters. The van der Waals surface area contributed by atoms with E-state index in [9.17, 15) is 9.90 Å². The van der Waals surface area contributed by atoms with E-state index in [0.29, 0.717) is 26.2 Å². The largest absolute Gasteiger partial charge is 0.390 e. The third-order valence-corrected chi connectivity index (χ3v) is 6.23. The number of aliphatic hydroxyl groups is 1. The van der Waals surface area contributed by atoms with E-state index in [2.05, 4.69) is 11.1 Å². The molecule has 4 heterocycles. The third kappa shape index (κ3) is 3.82. The van der Waals surface area contributed by atoms with Crippen molar-refractivity contribution in [1.29, 1.82) is 0 Å². The van der Waals surface area contributed by atoms with Gasteiger partial charge in [0.05, 0.1) is 35.1 Å². The van der Waals surface area contributed by atoms with Gasteiger partial charge in [0.25, 0.3) is 0 Å². The topological polar surface area (TPSA) is 82.2 Å². The van der Waals surface area contributed by atoms with Crippen molar-refractivity contribution in [2.45, 2.75) is 51.3 Å². The quantitative estimate of drug-likeness (QED) is 0.522. The summed E-state index contributed by atoms with van der Waals surface area (Å²) in [5.74, 6) is 0. The molecule has 1 saturated heterocycles. The monoisotopic (exact) mass is 432 g/mol. The first-order valence-corrected chi connectivity index (χ1v) is 11.1. The highest BCUT2D eigenvalue weighted by atomic mass is 16.5. The Labute approximate surface area is 186 Å². The fraction of sp³-hybridized carbons (Fsp3) is 0.400. The maximum Gasteiger partial charge on any atom is 0.329 e. The number of nitrogens with zero attached hydrogens (tertiary/aromatic N) is 4. The van der Waals surface area contributed by atoms with E-state index in [4.69, 9.17) is 9.72 Å². The molecule has 1 aromatic carbocycles. The highest BCUT2D eigenvalue weighted by molar-refractivity contribution is 5.85. The Morgan fingerprint density at radius 3 is 2.69 bits per heavy atom. The molecule has 32 heavy (non-hydrogen) atoms. The van der Waals surface area contributed by atoms with Crippen molar-refractivity contribution >= 4 is 21.8 Å². The summed E-state index contributed by atoms with van der Waals surface area (Å²) in [5, 5.41) is 12.7. The van der Waals surface area contributed by atoms with Crippen LogP contribution in [0.4, 0.5) is 0 Å². The van der Waals surface area contributed by atoms with E-state index in [-0.39, 0.29) is 11.7 Å². The summed E-state index contributed by atoms with van der Waals surface area (Å²) < 4.78 is 9.18. The second-order valence-corrected chi connectivity index (χ2v) is 9.21. The number of aromatic nitrogens is 4. The molecular formula is C25H28N4O3. The van der Waals surface area contributed by atoms with Crippen molar-refractivity contribution in [2.24, 2.45) is 0 Å². The molecule has 3 aromatic heterocycles. The second kappa shape index (κ2) is 8.15. The van der Waals surface area contributed by atoms with Gasteiger partial charge in [-0.3, -0.25) is 19.1 Å². The van der Waals surface area contributed by atoms with E-state index in [1.807, 2.05) is 35.0 Å². The zero-order chi connectivity index (χ0) is 22.3. The summed E-state index contributed by atoms with van der Waals surface area (Å²) in [6.07, 6.45) is 7.42. The van der Waals surface area contributed by atoms with E-state index >= 15 is 0 Å². The highest BCUT2D eigenvalue weighted by Gasteiger charge is 2.25. The molecule has 0 atom stereocenters. The Morgan fingerprint density at radius 1 is 1.12 bits per heavy atom. The fourth-order valence-electron chi connectivity index (χ4n) is 4.76. The molecule has 0 amide bonds. The van der Waals surface area contributed by atoms with Crippen LogP contribution in [0.25, 0.3) is 21.8 Å². The molecule has 0 radical (unpaired) electrons. The van der Waals surface area contributed by atoms with Crippen LogP contribution >= 0.6 is 0 Å². The van der Waals surface area contributed by atoms with Gasteiger partial charge in [0.2, 0.25) is 0 Å². The minimum atomic E-state index is -0.900. The first-order valence-electron chi connectivity index (χ1n) is 11.1. The van der Waals surface area contributed by atoms with Crippen LogP contribution in [0.2, 0.25) is 0 Å². The van der Waals surface area contributed by atoms with E-state index in [1.165, 1.54) is 0 Å². The molecule has 1 N–H and O–H groups in total. The predicted octanol–water partition coefficient (Wildman–Crippen LogP) is 3.46. The summed E-state index contributed by atoms with van der Waals surface area (Å²) >= 11 is 0. The van der Waals surface area contributed by atoms with Crippen molar-refractivity contribution in [3.63, 3.8) is 0 Å². The standard InChI is InChI=1S/C25H28N4O3/c1-25(2,31)13-20-19-6-4-3-5-17(19)14-27-21(20)16-28-23-15-26-10-7-22(23)29(24(28)30)18-8-11-32-12-9-18/h3-7,10,14-15,18,31H,8-9,11-13,16H2,1-2H3. The number of ether oxygens (including phenoxy) is 1. The van der Waals surface area contributed by atoms with Gasteiger partial charge < -0.3 is 9.84 Å². The van der Waals surface area contributed by atoms with Crippen LogP contribution in [0.5, 0.6) is 0 Å². The lowest BCUT2D eigenvalue weighted by Crippen LogP contribution is -2.31. The lowest BCUT2D eigenvalue weighted by atomic mass is 9.93. The van der Waals surface area contributed by atoms with E-state index in [1.54, 1.807) is 30.8 Å². The highest BCUT2D eigenvalue weighted by Crippen LogP contribution is 2.28. The zero-order valence-electron chi connectivity index (χ0n) is 18.5. The van der Waals surface area contributed by atoms with Crippen LogP contribution in [-0.2, 0) is 17.7 Å². The summed E-state index contributed by atoms with van der Waals surface area (Å²) in [6, 6.07) is 10.1. The van der Waals surface area contributed by atoms with Crippen LogP contribution in [0.3, 0.4) is 0 Å². The Balaban J connectivity index is 1.66. The fourth-order valence-corrected chi connectivity index (χ4v) is 4.76. The smallest absolute Gasteiger partial charge is 0.329 e. The molecule has 0 saturated carbocycles. The number of hydrogen-bond acceptors (Lipinski definition) is 5. The van der Waals surface area contributed by atoms with E-state index in [0.717, 1.165) is 45.9 Å². The minimum Gasteiger partial charge on any atom is -0.390 e. The van der Waals surface area contributed by atoms with Crippen molar-refractivity contribution in [3.05, 3.63) is 70.7 Å². The predicted molar refractivity (Wildman–Crippen MR) is 124 cm³/mol. The van der Waals surface area contributed by atoms with Crippen molar-refractivity contribution in [2.75, 3.05) is 13.2 Å². The number of pyridine rings is 2. The lowest BCUT2D eigenvalue weighted by molar-refractivity contribution is 0.0696. The number of rotatable bonds is 5. The maximum absolute atomic E-state index is 13.6. The van der Waals surface area contributed by atoms with Gasteiger partial charge in [0, 0.05) is 43.5 Å². The summed E-state index contributed by atoms with van der Waals surface area (Å²) in [7, 11) is 0. The number of benzene rings is 1. The summed E-state index contributed by atoms with van der Waals surface area (Å²) in [5.41, 5.74) is 2.50. The van der Waals surface area contributed by atoms with Crippen LogP contribution < -0.4 is 5.69 Å². The molecule has 7 nitrogen and oxygen atoms in total. The van der Waals surface area contributed by atoms with Crippen LogP contribution in [0.15, 0.2) is 53.7 Å². The molecule has 166 valence electrons. The first-order chi connectivity index (χ1) is 15.4. The van der Waals surface area contributed by atoms with Gasteiger partial charge in [-0.25, -0.2) is 4.79 Å². The van der Waals surface area contributed by atoms with Crippen LogP contribution in [0.1, 0.15) is 44.0 Å². The average Bonchev–Trinajstić information content (AvgIpc) is 3.06. The molecule has 4 aromatic rings. The molecule has 0 aliphatic carbocycles. The number of imidazole rings is 1. The van der Waals surface area contributed by atoms with Gasteiger partial charge in [0.15, 0.2) is 0 Å². The van der Waals surface area contributed by atoms with Crippen molar-refractivity contribution in [3.8, 4) is 0 Å². The third-order valence-electron chi connectivity index (χ3n) is 6.23. The second-order valence-electron chi connectivity index (χ2n) is 9.21. The van der Waals surface area contributed by atoms with Crippen LogP contribution in [0, 0.1) is 0 Å². The minimum absolute atomic E-state index is 0.0518. The Hall–Kier alpha value is -3.03. The normalized spacial score (nSPS) is 15.6. The zero-order valence-corrected chi connectivity index (χ0v) is 18.5. The van der Waals surface area contributed by atoms with Crippen molar-refractivity contribution in [1.82, 2.24) is 19.1 Å². The Bertz CT molecular complexity index is 1330. The molecule has 5 rings (SSSR count). The Morgan fingerprint density at radius 2 is 1.91 bits per heavy atom. The number of fused-ring (bicyclic) bond motifs is 2. The maximum atomic E-state index is 13.6. The van der Waals surface area contributed by atoms with Crippen molar-refractivity contribution < 1.29 is 9.84 Å². The van der Waals surface area contributed by atoms with Crippen LogP contribution in [-0.4, -0.2) is 43.0 Å². The molecule has 0 spiro atoms. The molecular weight excluding hydrogens is 404 g/mol. The SMILES string of the molecule is CC(C)(O)Cc1c(Cn2c(=O)n(C3CCOCC3)c3ccncc32)ncc2ccccc12. The molecule has 1 aliphatic rings. The van der Waals surface area contributed by atoms with Gasteiger partial charge in [-0.05, 0) is 43.7 Å². The summed E-state index contributed by atoms with van der Waals surface area (Å²) in [6.45, 7) is 5.25. The van der Waals surface area contributed by atoms with Gasteiger partial charge in [0.1, 0.15) is 0 Å². The van der Waals surface area contributed by atoms with Gasteiger partial charge >= 0.3 is 5.69 Å². The number of hydrogen-bond donors (Lipinski definition) is 1. The van der Waals surface area contributed by atoms with Gasteiger partial charge in [-0.15, -0.1) is 0 Å². The molecule has 1 aliphatic heterocycles. The molecule has 1 fully saturated rings. The molecule has 0 bridgehead atoms. The molecule has 7 heteroatoms. The lowest BCUT2D eigenvalue weighted by Gasteiger charge is -2.23. The van der Waals surface area contributed by atoms with Gasteiger partial charge in [-0.2, -0.15) is 0 Å². The van der Waals surface area contributed by atoms with E-state index < -0.39 is 5.60 Å². The van der Waals surface area contributed by atoms with Gasteiger partial charge in [-0.1, -0.05) is 24.3 Å².